The van der Waals surface area contributed by atoms with Gasteiger partial charge in [0.25, 0.3) is 5.56 Å². The van der Waals surface area contributed by atoms with E-state index in [1.54, 1.807) is 7.05 Å². The first-order chi connectivity index (χ1) is 9.02. The van der Waals surface area contributed by atoms with Crippen LogP contribution < -0.4 is 16.1 Å². The van der Waals surface area contributed by atoms with Gasteiger partial charge < -0.3 is 4.90 Å². The van der Waals surface area contributed by atoms with Crippen molar-refractivity contribution in [3.05, 3.63) is 56.2 Å². The molecule has 1 aromatic carbocycles. The second kappa shape index (κ2) is 3.85. The Kier molecular flexibility index (Phi) is 2.38. The van der Waals surface area contributed by atoms with E-state index in [0.717, 1.165) is 11.3 Å². The van der Waals surface area contributed by atoms with Gasteiger partial charge in [0, 0.05) is 33.3 Å². The fourth-order valence-corrected chi connectivity index (χ4v) is 2.78. The maximum Gasteiger partial charge on any atom is 0.332 e. The van der Waals surface area contributed by atoms with Crippen LogP contribution in [0.5, 0.6) is 0 Å². The molecule has 1 aliphatic rings. The van der Waals surface area contributed by atoms with Crippen LogP contribution in [-0.4, -0.2) is 16.2 Å². The fourth-order valence-electron chi connectivity index (χ4n) is 2.78. The average Bonchev–Trinajstić information content (AvgIpc) is 2.43. The molecule has 0 N–H and O–H groups in total. The van der Waals surface area contributed by atoms with Gasteiger partial charge in [-0.15, -0.1) is 0 Å². The number of fused-ring (bicyclic) bond motifs is 2. The zero-order chi connectivity index (χ0) is 13.7. The molecule has 0 amide bonds. The van der Waals surface area contributed by atoms with Crippen LogP contribution in [0.3, 0.4) is 0 Å². The maximum atomic E-state index is 12.3. The molecule has 5 nitrogen and oxygen atoms in total. The summed E-state index contributed by atoms with van der Waals surface area (Å²) in [5.41, 5.74) is 2.31. The number of benzene rings is 1. The predicted octanol–water partition coefficient (Wildman–Crippen LogP) is 0.756. The molecule has 2 heterocycles. The van der Waals surface area contributed by atoms with Gasteiger partial charge in [-0.25, -0.2) is 4.79 Å². The minimum Gasteiger partial charge on any atom is -0.330 e. The van der Waals surface area contributed by atoms with Crippen molar-refractivity contribution in [3.63, 3.8) is 0 Å². The Balaban J connectivity index is 2.39. The number of para-hydroxylation sites is 1. The molecule has 0 bridgehead atoms. The van der Waals surface area contributed by atoms with Gasteiger partial charge in [0.15, 0.2) is 0 Å². The van der Waals surface area contributed by atoms with E-state index < -0.39 is 0 Å². The summed E-state index contributed by atoms with van der Waals surface area (Å²) < 4.78 is 2.70. The lowest BCUT2D eigenvalue weighted by molar-refractivity contribution is 0.666. The van der Waals surface area contributed by atoms with Crippen molar-refractivity contribution in [2.75, 3.05) is 11.9 Å². The first kappa shape index (κ1) is 11.8. The molecule has 0 fully saturated rings. The standard InChI is InChI=1S/C14H15N3O2/c1-15-11-7-5-4-6-9(11)8-10-12(15)16(2)14(19)17(3)13(10)18/h4-7H,8H2,1-3H3. The van der Waals surface area contributed by atoms with E-state index in [0.29, 0.717) is 17.8 Å². The summed E-state index contributed by atoms with van der Waals surface area (Å²) in [5, 5.41) is 0. The van der Waals surface area contributed by atoms with Crippen molar-refractivity contribution in [1.29, 1.82) is 0 Å². The Morgan fingerprint density at radius 1 is 1.00 bits per heavy atom. The summed E-state index contributed by atoms with van der Waals surface area (Å²) in [6, 6.07) is 7.93. The van der Waals surface area contributed by atoms with E-state index in [2.05, 4.69) is 0 Å². The van der Waals surface area contributed by atoms with Crippen LogP contribution in [0, 0.1) is 0 Å². The van der Waals surface area contributed by atoms with E-state index in [1.165, 1.54) is 16.2 Å². The quantitative estimate of drug-likeness (QED) is 0.700. The topological polar surface area (TPSA) is 47.2 Å². The number of anilines is 2. The highest BCUT2D eigenvalue weighted by atomic mass is 16.2. The lowest BCUT2D eigenvalue weighted by atomic mass is 9.99. The van der Waals surface area contributed by atoms with Crippen LogP contribution >= 0.6 is 0 Å². The van der Waals surface area contributed by atoms with Crippen molar-refractivity contribution in [2.45, 2.75) is 6.42 Å². The molecule has 0 aliphatic carbocycles. The Morgan fingerprint density at radius 3 is 2.42 bits per heavy atom. The highest BCUT2D eigenvalue weighted by Gasteiger charge is 2.25. The normalized spacial score (nSPS) is 13.1. The number of aromatic nitrogens is 2. The molecule has 98 valence electrons. The zero-order valence-electron chi connectivity index (χ0n) is 11.2. The molecule has 0 radical (unpaired) electrons. The van der Waals surface area contributed by atoms with Crippen molar-refractivity contribution < 1.29 is 0 Å². The van der Waals surface area contributed by atoms with Gasteiger partial charge in [0.1, 0.15) is 5.82 Å². The maximum absolute atomic E-state index is 12.3. The average molecular weight is 257 g/mol. The van der Waals surface area contributed by atoms with Crippen LogP contribution in [0.4, 0.5) is 11.5 Å². The van der Waals surface area contributed by atoms with Gasteiger partial charge in [-0.3, -0.25) is 13.9 Å². The summed E-state index contributed by atoms with van der Waals surface area (Å²) in [6.07, 6.45) is 0.566. The Hall–Kier alpha value is -2.30. The minimum atomic E-state index is -0.296. The van der Waals surface area contributed by atoms with Gasteiger partial charge >= 0.3 is 5.69 Å². The smallest absolute Gasteiger partial charge is 0.330 e. The number of rotatable bonds is 0. The van der Waals surface area contributed by atoms with Gasteiger partial charge in [-0.1, -0.05) is 18.2 Å². The molecule has 0 atom stereocenters. The van der Waals surface area contributed by atoms with Crippen molar-refractivity contribution in [3.8, 4) is 0 Å². The third-order valence-electron chi connectivity index (χ3n) is 3.76. The molecule has 19 heavy (non-hydrogen) atoms. The minimum absolute atomic E-state index is 0.209. The number of nitrogens with zero attached hydrogens (tertiary/aromatic N) is 3. The van der Waals surface area contributed by atoms with E-state index in [9.17, 15) is 9.59 Å². The summed E-state index contributed by atoms with van der Waals surface area (Å²) in [4.78, 5) is 26.2. The van der Waals surface area contributed by atoms with Crippen LogP contribution in [-0.2, 0) is 20.5 Å². The van der Waals surface area contributed by atoms with Gasteiger partial charge in [-0.05, 0) is 11.6 Å². The molecule has 2 aromatic rings. The lowest BCUT2D eigenvalue weighted by Crippen LogP contribution is -2.43. The first-order valence-corrected chi connectivity index (χ1v) is 6.13. The second-order valence-electron chi connectivity index (χ2n) is 4.87. The van der Waals surface area contributed by atoms with E-state index >= 15 is 0 Å². The monoisotopic (exact) mass is 257 g/mol. The second-order valence-corrected chi connectivity index (χ2v) is 4.87. The molecule has 0 unspecified atom stereocenters. The van der Waals surface area contributed by atoms with Crippen molar-refractivity contribution in [2.24, 2.45) is 14.1 Å². The third kappa shape index (κ3) is 1.47. The molecule has 1 aromatic heterocycles. The molecule has 3 rings (SSSR count). The molecule has 0 saturated heterocycles. The molecule has 5 heteroatoms. The number of hydrogen-bond acceptors (Lipinski definition) is 3. The SMILES string of the molecule is CN1c2ccccc2Cc2c1n(C)c(=O)n(C)c2=O. The first-order valence-electron chi connectivity index (χ1n) is 6.13. The Morgan fingerprint density at radius 2 is 1.68 bits per heavy atom. The van der Waals surface area contributed by atoms with Crippen LogP contribution in [0.1, 0.15) is 11.1 Å². The molecule has 0 saturated carbocycles. The van der Waals surface area contributed by atoms with Gasteiger partial charge in [0.05, 0.1) is 5.56 Å². The Bertz CT molecular complexity index is 786. The van der Waals surface area contributed by atoms with Gasteiger partial charge in [-0.2, -0.15) is 0 Å². The van der Waals surface area contributed by atoms with Crippen LogP contribution in [0.25, 0.3) is 0 Å². The van der Waals surface area contributed by atoms with E-state index in [1.807, 2.05) is 36.2 Å². The van der Waals surface area contributed by atoms with Crippen molar-refractivity contribution >= 4 is 11.5 Å². The van der Waals surface area contributed by atoms with E-state index in [-0.39, 0.29) is 11.2 Å². The van der Waals surface area contributed by atoms with Crippen molar-refractivity contribution in [1.82, 2.24) is 9.13 Å². The Labute approximate surface area is 110 Å². The lowest BCUT2D eigenvalue weighted by Gasteiger charge is -2.31. The number of hydrogen-bond donors (Lipinski definition) is 0. The summed E-state index contributed by atoms with van der Waals surface area (Å²) in [6.45, 7) is 0. The molecule has 1 aliphatic heterocycles. The molecular formula is C14H15N3O2. The van der Waals surface area contributed by atoms with E-state index in [4.69, 9.17) is 0 Å². The third-order valence-corrected chi connectivity index (χ3v) is 3.76. The highest BCUT2D eigenvalue weighted by Crippen LogP contribution is 2.34. The van der Waals surface area contributed by atoms with Gasteiger partial charge in [0.2, 0.25) is 0 Å². The fraction of sp³-hybridized carbons (Fsp3) is 0.286. The largest absolute Gasteiger partial charge is 0.332 e. The zero-order valence-corrected chi connectivity index (χ0v) is 11.2. The molecular weight excluding hydrogens is 242 g/mol. The van der Waals surface area contributed by atoms with Crippen LogP contribution in [0.2, 0.25) is 0 Å². The highest BCUT2D eigenvalue weighted by molar-refractivity contribution is 5.70. The summed E-state index contributed by atoms with van der Waals surface area (Å²) in [5.74, 6) is 0.687. The summed E-state index contributed by atoms with van der Waals surface area (Å²) >= 11 is 0. The van der Waals surface area contributed by atoms with Crippen LogP contribution in [0.15, 0.2) is 33.9 Å². The molecule has 0 spiro atoms. The summed E-state index contributed by atoms with van der Waals surface area (Å²) in [7, 11) is 5.10. The predicted molar refractivity (Wildman–Crippen MR) is 74.2 cm³/mol.